The molecular formula is C22H30N4O3. The number of benzene rings is 1. The second kappa shape index (κ2) is 10.0. The Morgan fingerprint density at radius 2 is 1.66 bits per heavy atom. The molecule has 1 aliphatic heterocycles. The van der Waals surface area contributed by atoms with Gasteiger partial charge in [0, 0.05) is 63.6 Å². The van der Waals surface area contributed by atoms with Crippen LogP contribution < -0.4 is 10.2 Å². The van der Waals surface area contributed by atoms with Crippen molar-refractivity contribution in [2.45, 2.75) is 20.3 Å². The van der Waals surface area contributed by atoms with Gasteiger partial charge in [-0.15, -0.1) is 0 Å². The van der Waals surface area contributed by atoms with E-state index in [0.717, 1.165) is 18.8 Å². The van der Waals surface area contributed by atoms with Crippen molar-refractivity contribution in [2.24, 2.45) is 0 Å². The zero-order chi connectivity index (χ0) is 20.6. The quantitative estimate of drug-likeness (QED) is 0.740. The molecule has 7 heteroatoms. The van der Waals surface area contributed by atoms with E-state index in [2.05, 4.69) is 48.3 Å². The van der Waals surface area contributed by atoms with E-state index in [-0.39, 0.29) is 11.8 Å². The van der Waals surface area contributed by atoms with E-state index in [1.807, 2.05) is 4.90 Å². The van der Waals surface area contributed by atoms with Crippen molar-refractivity contribution in [3.05, 3.63) is 48.4 Å². The molecule has 1 fully saturated rings. The first kappa shape index (κ1) is 20.8. The average Bonchev–Trinajstić information content (AvgIpc) is 3.30. The minimum absolute atomic E-state index is 0.113. The molecule has 1 saturated heterocycles. The third kappa shape index (κ3) is 5.31. The van der Waals surface area contributed by atoms with E-state index in [1.54, 1.807) is 17.0 Å². The summed E-state index contributed by atoms with van der Waals surface area (Å²) in [6, 6.07) is 11.7. The summed E-state index contributed by atoms with van der Waals surface area (Å²) in [4.78, 5) is 30.6. The average molecular weight is 399 g/mol. The number of hydrogen-bond acceptors (Lipinski definition) is 5. The van der Waals surface area contributed by atoms with Crippen LogP contribution in [0.5, 0.6) is 0 Å². The molecule has 1 N–H and O–H groups in total. The zero-order valence-electron chi connectivity index (χ0n) is 17.3. The molecule has 2 heterocycles. The summed E-state index contributed by atoms with van der Waals surface area (Å²) < 4.78 is 5.17. The van der Waals surface area contributed by atoms with Crippen molar-refractivity contribution in [2.75, 3.05) is 56.0 Å². The van der Waals surface area contributed by atoms with Crippen LogP contribution in [-0.4, -0.2) is 67.4 Å². The van der Waals surface area contributed by atoms with Gasteiger partial charge in [0.25, 0.3) is 5.91 Å². The molecule has 0 radical (unpaired) electrons. The first-order valence-electron chi connectivity index (χ1n) is 10.3. The molecule has 156 valence electrons. The van der Waals surface area contributed by atoms with Crippen molar-refractivity contribution >= 4 is 23.2 Å². The predicted molar refractivity (Wildman–Crippen MR) is 114 cm³/mol. The zero-order valence-corrected chi connectivity index (χ0v) is 17.3. The smallest absolute Gasteiger partial charge is 0.289 e. The Balaban J connectivity index is 1.40. The number of amides is 2. The lowest BCUT2D eigenvalue weighted by atomic mass is 10.2. The van der Waals surface area contributed by atoms with Crippen LogP contribution in [0.4, 0.5) is 11.4 Å². The topological polar surface area (TPSA) is 69.0 Å². The van der Waals surface area contributed by atoms with Crippen LogP contribution >= 0.6 is 0 Å². The van der Waals surface area contributed by atoms with Gasteiger partial charge in [-0.05, 0) is 50.2 Å². The standard InChI is InChI=1S/C22H30N4O3/c1-3-24(4-2)19-9-7-18(8-10-19)23-12-11-21(27)25-13-15-26(16-14-25)22(28)20-6-5-17-29-20/h5-10,17,23H,3-4,11-16H2,1-2H3. The largest absolute Gasteiger partial charge is 0.459 e. The summed E-state index contributed by atoms with van der Waals surface area (Å²) in [5, 5.41) is 3.32. The first-order valence-corrected chi connectivity index (χ1v) is 10.3. The molecule has 2 aromatic rings. The number of nitrogens with one attached hydrogen (secondary N) is 1. The summed E-state index contributed by atoms with van der Waals surface area (Å²) in [5.74, 6) is 0.347. The van der Waals surface area contributed by atoms with Crippen molar-refractivity contribution in [1.82, 2.24) is 9.80 Å². The maximum Gasteiger partial charge on any atom is 0.289 e. The Morgan fingerprint density at radius 1 is 1.00 bits per heavy atom. The van der Waals surface area contributed by atoms with Crippen LogP contribution in [0.25, 0.3) is 0 Å². The van der Waals surface area contributed by atoms with Crippen LogP contribution in [0.1, 0.15) is 30.8 Å². The van der Waals surface area contributed by atoms with Crippen LogP contribution in [0, 0.1) is 0 Å². The summed E-state index contributed by atoms with van der Waals surface area (Å²) in [6.45, 7) is 9.04. The predicted octanol–water partition coefficient (Wildman–Crippen LogP) is 2.91. The number of anilines is 2. The van der Waals surface area contributed by atoms with Crippen LogP contribution in [0.2, 0.25) is 0 Å². The highest BCUT2D eigenvalue weighted by Crippen LogP contribution is 2.18. The SMILES string of the molecule is CCN(CC)c1ccc(NCCC(=O)N2CCN(C(=O)c3ccco3)CC2)cc1. The van der Waals surface area contributed by atoms with E-state index in [4.69, 9.17) is 4.42 Å². The van der Waals surface area contributed by atoms with Gasteiger partial charge >= 0.3 is 0 Å². The fourth-order valence-corrected chi connectivity index (χ4v) is 3.57. The maximum atomic E-state index is 12.5. The normalized spacial score (nSPS) is 14.0. The van der Waals surface area contributed by atoms with Gasteiger partial charge in [-0.25, -0.2) is 0 Å². The summed E-state index contributed by atoms with van der Waals surface area (Å²) in [6.07, 6.45) is 1.93. The number of furan rings is 1. The van der Waals surface area contributed by atoms with Gasteiger partial charge in [-0.1, -0.05) is 0 Å². The first-order chi connectivity index (χ1) is 14.1. The third-order valence-corrected chi connectivity index (χ3v) is 5.32. The maximum absolute atomic E-state index is 12.5. The lowest BCUT2D eigenvalue weighted by Gasteiger charge is -2.34. The fraction of sp³-hybridized carbons (Fsp3) is 0.455. The van der Waals surface area contributed by atoms with Gasteiger partial charge in [0.1, 0.15) is 0 Å². The highest BCUT2D eigenvalue weighted by atomic mass is 16.3. The van der Waals surface area contributed by atoms with E-state index >= 15 is 0 Å². The molecule has 2 amide bonds. The molecule has 1 aliphatic rings. The van der Waals surface area contributed by atoms with Gasteiger partial charge in [0.2, 0.25) is 5.91 Å². The highest BCUT2D eigenvalue weighted by Gasteiger charge is 2.25. The Morgan fingerprint density at radius 3 is 2.24 bits per heavy atom. The van der Waals surface area contributed by atoms with Gasteiger partial charge in [0.15, 0.2) is 5.76 Å². The molecule has 29 heavy (non-hydrogen) atoms. The van der Waals surface area contributed by atoms with Crippen molar-refractivity contribution in [1.29, 1.82) is 0 Å². The van der Waals surface area contributed by atoms with E-state index in [1.165, 1.54) is 12.0 Å². The molecule has 0 unspecified atom stereocenters. The minimum atomic E-state index is -0.114. The number of nitrogens with zero attached hydrogens (tertiary/aromatic N) is 3. The molecule has 0 atom stereocenters. The molecule has 1 aromatic heterocycles. The van der Waals surface area contributed by atoms with E-state index < -0.39 is 0 Å². The van der Waals surface area contributed by atoms with Crippen LogP contribution in [0.3, 0.4) is 0 Å². The molecule has 0 aliphatic carbocycles. The van der Waals surface area contributed by atoms with Crippen molar-refractivity contribution in [3.8, 4) is 0 Å². The number of piperazine rings is 1. The van der Waals surface area contributed by atoms with Gasteiger partial charge in [0.05, 0.1) is 6.26 Å². The second-order valence-electron chi connectivity index (χ2n) is 7.05. The van der Waals surface area contributed by atoms with Gasteiger partial charge in [-0.2, -0.15) is 0 Å². The number of carbonyl (C=O) groups excluding carboxylic acids is 2. The summed E-state index contributed by atoms with van der Waals surface area (Å²) in [5.41, 5.74) is 2.22. The lowest BCUT2D eigenvalue weighted by Crippen LogP contribution is -2.50. The molecule has 1 aromatic carbocycles. The minimum Gasteiger partial charge on any atom is -0.459 e. The third-order valence-electron chi connectivity index (χ3n) is 5.32. The molecule has 7 nitrogen and oxygen atoms in total. The Kier molecular flexibility index (Phi) is 7.16. The fourth-order valence-electron chi connectivity index (χ4n) is 3.57. The van der Waals surface area contributed by atoms with Crippen LogP contribution in [0.15, 0.2) is 47.1 Å². The molecular weight excluding hydrogens is 368 g/mol. The van der Waals surface area contributed by atoms with Crippen LogP contribution in [-0.2, 0) is 4.79 Å². The van der Waals surface area contributed by atoms with E-state index in [9.17, 15) is 9.59 Å². The Hall–Kier alpha value is -2.96. The molecule has 0 bridgehead atoms. The lowest BCUT2D eigenvalue weighted by molar-refractivity contribution is -0.132. The monoisotopic (exact) mass is 398 g/mol. The van der Waals surface area contributed by atoms with Crippen molar-refractivity contribution < 1.29 is 14.0 Å². The number of rotatable bonds is 8. The van der Waals surface area contributed by atoms with Gasteiger partial charge < -0.3 is 24.4 Å². The van der Waals surface area contributed by atoms with E-state index in [0.29, 0.717) is 44.9 Å². The second-order valence-corrected chi connectivity index (χ2v) is 7.05. The van der Waals surface area contributed by atoms with Gasteiger partial charge in [-0.3, -0.25) is 9.59 Å². The highest BCUT2D eigenvalue weighted by molar-refractivity contribution is 5.91. The molecule has 0 saturated carbocycles. The Bertz CT molecular complexity index is 777. The number of carbonyl (C=O) groups is 2. The Labute approximate surface area is 172 Å². The summed E-state index contributed by atoms with van der Waals surface area (Å²) in [7, 11) is 0. The number of hydrogen-bond donors (Lipinski definition) is 1. The van der Waals surface area contributed by atoms with Crippen molar-refractivity contribution in [3.63, 3.8) is 0 Å². The molecule has 0 spiro atoms. The molecule has 3 rings (SSSR count). The summed E-state index contributed by atoms with van der Waals surface area (Å²) >= 11 is 0.